The van der Waals surface area contributed by atoms with E-state index in [0.717, 1.165) is 30.5 Å². The average Bonchev–Trinajstić information content (AvgIpc) is 3.00. The van der Waals surface area contributed by atoms with E-state index < -0.39 is 5.97 Å². The summed E-state index contributed by atoms with van der Waals surface area (Å²) in [5.74, 6) is -1.04. The molecule has 1 saturated carbocycles. The lowest BCUT2D eigenvalue weighted by atomic mass is 9.91. The number of hydrogen-bond donors (Lipinski definition) is 1. The standard InChI is InChI=1S/C18H21N3O3/c22-17(20(13-18(23)24)15-7-4-8-15)10-9-14-11-19-21(12-14)16-5-2-1-3-6-16/h1-3,5-6,11-12,15H,4,7-10,13H2,(H,23,24). The number of para-hydroxylation sites is 1. The van der Waals surface area contributed by atoms with Crippen molar-refractivity contribution < 1.29 is 14.7 Å². The van der Waals surface area contributed by atoms with E-state index in [-0.39, 0.29) is 18.5 Å². The predicted molar refractivity (Wildman–Crippen MR) is 88.9 cm³/mol. The van der Waals surface area contributed by atoms with Gasteiger partial charge in [-0.1, -0.05) is 18.2 Å². The number of carboxylic acid groups (broad SMARTS) is 1. The van der Waals surface area contributed by atoms with Crippen molar-refractivity contribution in [2.45, 2.75) is 38.1 Å². The molecular formula is C18H21N3O3. The maximum atomic E-state index is 12.4. The second-order valence-electron chi connectivity index (χ2n) is 6.13. The molecule has 0 saturated heterocycles. The molecular weight excluding hydrogens is 306 g/mol. The third-order valence-electron chi connectivity index (χ3n) is 4.43. The van der Waals surface area contributed by atoms with Crippen molar-refractivity contribution in [2.75, 3.05) is 6.54 Å². The van der Waals surface area contributed by atoms with Crippen molar-refractivity contribution in [2.24, 2.45) is 0 Å². The first-order valence-corrected chi connectivity index (χ1v) is 8.24. The number of carboxylic acids is 1. The van der Waals surface area contributed by atoms with Crippen LogP contribution in [0.3, 0.4) is 0 Å². The van der Waals surface area contributed by atoms with Crippen LogP contribution in [0.2, 0.25) is 0 Å². The lowest BCUT2D eigenvalue weighted by molar-refractivity contribution is -0.147. The Morgan fingerprint density at radius 1 is 1.25 bits per heavy atom. The minimum atomic E-state index is -0.952. The molecule has 3 rings (SSSR count). The first-order valence-electron chi connectivity index (χ1n) is 8.24. The minimum Gasteiger partial charge on any atom is -0.480 e. The minimum absolute atomic E-state index is 0.0884. The molecule has 24 heavy (non-hydrogen) atoms. The Labute approximate surface area is 140 Å². The molecule has 1 aliphatic rings. The molecule has 1 N–H and O–H groups in total. The third kappa shape index (κ3) is 3.82. The maximum Gasteiger partial charge on any atom is 0.323 e. The normalized spacial score (nSPS) is 14.2. The highest BCUT2D eigenvalue weighted by Gasteiger charge is 2.29. The van der Waals surface area contributed by atoms with Gasteiger partial charge >= 0.3 is 5.97 Å². The van der Waals surface area contributed by atoms with Crippen LogP contribution >= 0.6 is 0 Å². The monoisotopic (exact) mass is 327 g/mol. The molecule has 1 aromatic heterocycles. The summed E-state index contributed by atoms with van der Waals surface area (Å²) in [7, 11) is 0. The number of nitrogens with zero attached hydrogens (tertiary/aromatic N) is 3. The van der Waals surface area contributed by atoms with Gasteiger partial charge in [-0.05, 0) is 43.4 Å². The van der Waals surface area contributed by atoms with Crippen molar-refractivity contribution in [3.63, 3.8) is 0 Å². The Bertz CT molecular complexity index is 707. The van der Waals surface area contributed by atoms with Crippen molar-refractivity contribution in [3.8, 4) is 5.69 Å². The summed E-state index contributed by atoms with van der Waals surface area (Å²) >= 11 is 0. The van der Waals surface area contributed by atoms with Gasteiger partial charge < -0.3 is 10.0 Å². The molecule has 6 heteroatoms. The smallest absolute Gasteiger partial charge is 0.323 e. The first kappa shape index (κ1) is 16.2. The number of rotatable bonds is 7. The van der Waals surface area contributed by atoms with E-state index >= 15 is 0 Å². The van der Waals surface area contributed by atoms with E-state index in [1.165, 1.54) is 4.90 Å². The summed E-state index contributed by atoms with van der Waals surface area (Å²) in [6.45, 7) is -0.202. The van der Waals surface area contributed by atoms with Gasteiger partial charge in [0.25, 0.3) is 0 Å². The molecule has 0 spiro atoms. The number of benzene rings is 1. The fourth-order valence-electron chi connectivity index (χ4n) is 2.87. The van der Waals surface area contributed by atoms with Crippen LogP contribution < -0.4 is 0 Å². The van der Waals surface area contributed by atoms with Crippen LogP contribution in [-0.2, 0) is 16.0 Å². The molecule has 126 valence electrons. The third-order valence-corrected chi connectivity index (χ3v) is 4.43. The van der Waals surface area contributed by atoms with Crippen LogP contribution in [0.25, 0.3) is 5.69 Å². The van der Waals surface area contributed by atoms with Gasteiger partial charge in [-0.15, -0.1) is 0 Å². The summed E-state index contributed by atoms with van der Waals surface area (Å²) in [5.41, 5.74) is 1.94. The zero-order valence-electron chi connectivity index (χ0n) is 13.5. The molecule has 0 radical (unpaired) electrons. The van der Waals surface area contributed by atoms with Crippen molar-refractivity contribution >= 4 is 11.9 Å². The molecule has 0 bridgehead atoms. The topological polar surface area (TPSA) is 75.4 Å². The Morgan fingerprint density at radius 3 is 2.62 bits per heavy atom. The van der Waals surface area contributed by atoms with Crippen LogP contribution in [-0.4, -0.2) is 44.3 Å². The fourth-order valence-corrected chi connectivity index (χ4v) is 2.87. The van der Waals surface area contributed by atoms with Gasteiger partial charge in [-0.25, -0.2) is 4.68 Å². The maximum absolute atomic E-state index is 12.4. The van der Waals surface area contributed by atoms with E-state index in [4.69, 9.17) is 5.11 Å². The first-order chi connectivity index (χ1) is 11.6. The fraction of sp³-hybridized carbons (Fsp3) is 0.389. The van der Waals surface area contributed by atoms with Gasteiger partial charge in [0.05, 0.1) is 11.9 Å². The highest BCUT2D eigenvalue weighted by molar-refractivity contribution is 5.81. The van der Waals surface area contributed by atoms with Crippen molar-refractivity contribution in [1.29, 1.82) is 0 Å². The van der Waals surface area contributed by atoms with E-state index in [1.54, 1.807) is 10.9 Å². The van der Waals surface area contributed by atoms with Gasteiger partial charge in [0.1, 0.15) is 6.54 Å². The molecule has 1 aliphatic carbocycles. The Morgan fingerprint density at radius 2 is 2.00 bits per heavy atom. The second kappa shape index (κ2) is 7.29. The van der Waals surface area contributed by atoms with E-state index in [2.05, 4.69) is 5.10 Å². The number of aliphatic carboxylic acids is 1. The molecule has 1 fully saturated rings. The Balaban J connectivity index is 1.59. The summed E-state index contributed by atoms with van der Waals surface area (Å²) < 4.78 is 1.78. The van der Waals surface area contributed by atoms with E-state index in [9.17, 15) is 9.59 Å². The molecule has 1 aromatic carbocycles. The number of hydrogen-bond acceptors (Lipinski definition) is 3. The summed E-state index contributed by atoms with van der Waals surface area (Å²) in [6.07, 6.45) is 7.42. The lowest BCUT2D eigenvalue weighted by Gasteiger charge is -2.36. The highest BCUT2D eigenvalue weighted by Crippen LogP contribution is 2.25. The number of aromatic nitrogens is 2. The zero-order chi connectivity index (χ0) is 16.9. The van der Waals surface area contributed by atoms with Gasteiger partial charge in [0.15, 0.2) is 0 Å². The van der Waals surface area contributed by atoms with E-state index in [1.807, 2.05) is 36.5 Å². The largest absolute Gasteiger partial charge is 0.480 e. The number of aryl methyl sites for hydroxylation is 1. The van der Waals surface area contributed by atoms with Gasteiger partial charge in [-0.3, -0.25) is 9.59 Å². The SMILES string of the molecule is O=C(O)CN(C(=O)CCc1cnn(-c2ccccc2)c1)C1CCC1. The highest BCUT2D eigenvalue weighted by atomic mass is 16.4. The van der Waals surface area contributed by atoms with Crippen LogP contribution in [0.15, 0.2) is 42.7 Å². The summed E-state index contributed by atoms with van der Waals surface area (Å²) in [4.78, 5) is 24.9. The molecule has 0 aliphatic heterocycles. The predicted octanol–water partition coefficient (Wildman–Crippen LogP) is 2.27. The second-order valence-corrected chi connectivity index (χ2v) is 6.13. The Hall–Kier alpha value is -2.63. The quantitative estimate of drug-likeness (QED) is 0.846. The molecule has 1 amide bonds. The van der Waals surface area contributed by atoms with Crippen molar-refractivity contribution in [1.82, 2.24) is 14.7 Å². The van der Waals surface area contributed by atoms with Gasteiger partial charge in [0, 0.05) is 18.7 Å². The molecule has 1 heterocycles. The van der Waals surface area contributed by atoms with Crippen LogP contribution in [0.5, 0.6) is 0 Å². The van der Waals surface area contributed by atoms with Crippen LogP contribution in [0.1, 0.15) is 31.2 Å². The van der Waals surface area contributed by atoms with Crippen molar-refractivity contribution in [3.05, 3.63) is 48.3 Å². The van der Waals surface area contributed by atoms with Gasteiger partial charge in [-0.2, -0.15) is 5.10 Å². The lowest BCUT2D eigenvalue weighted by Crippen LogP contribution is -2.46. The number of carbonyl (C=O) groups is 2. The number of carbonyl (C=O) groups excluding carboxylic acids is 1. The van der Waals surface area contributed by atoms with E-state index in [0.29, 0.717) is 12.8 Å². The van der Waals surface area contributed by atoms with Crippen LogP contribution in [0, 0.1) is 0 Å². The molecule has 6 nitrogen and oxygen atoms in total. The zero-order valence-corrected chi connectivity index (χ0v) is 13.5. The van der Waals surface area contributed by atoms with Crippen LogP contribution in [0.4, 0.5) is 0 Å². The summed E-state index contributed by atoms with van der Waals surface area (Å²) in [6, 6.07) is 9.87. The summed E-state index contributed by atoms with van der Waals surface area (Å²) in [5, 5.41) is 13.3. The average molecular weight is 327 g/mol. The molecule has 0 unspecified atom stereocenters. The number of amides is 1. The Kier molecular flexibility index (Phi) is 4.93. The molecule has 2 aromatic rings. The van der Waals surface area contributed by atoms with Gasteiger partial charge in [0.2, 0.25) is 5.91 Å². The molecule has 0 atom stereocenters.